The number of anilines is 2. The molecule has 0 saturated carbocycles. The summed E-state index contributed by atoms with van der Waals surface area (Å²) in [6.07, 6.45) is 0. The largest absolute Gasteiger partial charge is 0.478 e. The minimum absolute atomic E-state index is 0.0490. The van der Waals surface area contributed by atoms with Gasteiger partial charge in [0.1, 0.15) is 0 Å². The van der Waals surface area contributed by atoms with Crippen LogP contribution in [0.25, 0.3) is 0 Å². The molecule has 2 aromatic carbocycles. The molecule has 0 aliphatic rings. The summed E-state index contributed by atoms with van der Waals surface area (Å²) < 4.78 is 0.676. The Morgan fingerprint density at radius 2 is 1.90 bits per heavy atom. The first-order valence-corrected chi connectivity index (χ1v) is 6.88. The van der Waals surface area contributed by atoms with Crippen LogP contribution in [0.3, 0.4) is 0 Å². The first kappa shape index (κ1) is 15.1. The van der Waals surface area contributed by atoms with Gasteiger partial charge in [-0.15, -0.1) is 0 Å². The highest BCUT2D eigenvalue weighted by molar-refractivity contribution is 9.10. The summed E-state index contributed by atoms with van der Waals surface area (Å²) in [4.78, 5) is 23.5. The quantitative estimate of drug-likeness (QED) is 0.742. The summed E-state index contributed by atoms with van der Waals surface area (Å²) in [5.41, 5.74) is 7.39. The molecule has 1 amide bonds. The third-order valence-electron chi connectivity index (χ3n) is 2.96. The van der Waals surface area contributed by atoms with Crippen LogP contribution in [0.5, 0.6) is 0 Å². The van der Waals surface area contributed by atoms with Crippen molar-refractivity contribution in [3.05, 3.63) is 57.6 Å². The van der Waals surface area contributed by atoms with Gasteiger partial charge >= 0.3 is 5.97 Å². The minimum atomic E-state index is -1.15. The Morgan fingerprint density at radius 3 is 2.57 bits per heavy atom. The second kappa shape index (κ2) is 5.97. The van der Waals surface area contributed by atoms with Crippen molar-refractivity contribution in [2.24, 2.45) is 0 Å². The summed E-state index contributed by atoms with van der Waals surface area (Å²) in [6.45, 7) is 1.87. The molecular formula is C15H13BrN2O3. The van der Waals surface area contributed by atoms with Crippen molar-refractivity contribution in [3.63, 3.8) is 0 Å². The number of nitrogens with one attached hydrogen (secondary N) is 1. The molecule has 2 aromatic rings. The van der Waals surface area contributed by atoms with E-state index in [0.29, 0.717) is 15.7 Å². The lowest BCUT2D eigenvalue weighted by Crippen LogP contribution is -2.15. The molecule has 108 valence electrons. The van der Waals surface area contributed by atoms with E-state index in [2.05, 4.69) is 21.2 Å². The second-order valence-electron chi connectivity index (χ2n) is 4.50. The number of aryl methyl sites for hydroxylation is 1. The molecule has 0 saturated heterocycles. The Balaban J connectivity index is 2.36. The topological polar surface area (TPSA) is 92.4 Å². The fraction of sp³-hybridized carbons (Fsp3) is 0.0667. The highest BCUT2D eigenvalue weighted by Gasteiger charge is 2.16. The summed E-state index contributed by atoms with van der Waals surface area (Å²) in [7, 11) is 0. The maximum Gasteiger partial charge on any atom is 0.337 e. The van der Waals surface area contributed by atoms with Crippen LogP contribution in [-0.2, 0) is 0 Å². The maximum atomic E-state index is 12.3. The number of hydrogen-bond acceptors (Lipinski definition) is 3. The number of nitrogen functional groups attached to an aromatic ring is 1. The monoisotopic (exact) mass is 348 g/mol. The lowest BCUT2D eigenvalue weighted by atomic mass is 10.1. The summed E-state index contributed by atoms with van der Waals surface area (Å²) in [5.74, 6) is -1.54. The number of carboxylic acids is 1. The first-order chi connectivity index (χ1) is 9.90. The van der Waals surface area contributed by atoms with Gasteiger partial charge in [-0.25, -0.2) is 4.79 Å². The molecule has 2 rings (SSSR count). The Labute approximate surface area is 129 Å². The van der Waals surface area contributed by atoms with Crippen LogP contribution >= 0.6 is 15.9 Å². The normalized spacial score (nSPS) is 10.2. The number of nitrogens with two attached hydrogens (primary N) is 1. The van der Waals surface area contributed by atoms with E-state index in [1.807, 2.05) is 13.0 Å². The Morgan fingerprint density at radius 1 is 1.19 bits per heavy atom. The van der Waals surface area contributed by atoms with Crippen LogP contribution in [0.2, 0.25) is 0 Å². The molecule has 0 aromatic heterocycles. The molecule has 0 spiro atoms. The summed E-state index contributed by atoms with van der Waals surface area (Å²) >= 11 is 3.36. The molecule has 0 heterocycles. The Hall–Kier alpha value is -2.34. The van der Waals surface area contributed by atoms with Gasteiger partial charge in [0.05, 0.1) is 16.8 Å². The molecular weight excluding hydrogens is 336 g/mol. The van der Waals surface area contributed by atoms with Gasteiger partial charge in [-0.1, -0.05) is 12.1 Å². The summed E-state index contributed by atoms with van der Waals surface area (Å²) in [5, 5.41) is 11.8. The van der Waals surface area contributed by atoms with E-state index in [0.717, 1.165) is 5.56 Å². The first-order valence-electron chi connectivity index (χ1n) is 6.09. The zero-order valence-electron chi connectivity index (χ0n) is 11.2. The van der Waals surface area contributed by atoms with E-state index in [-0.39, 0.29) is 11.3 Å². The average molecular weight is 349 g/mol. The molecule has 21 heavy (non-hydrogen) atoms. The number of aromatic carboxylic acids is 1. The standard InChI is InChI=1S/C15H13BrN2O3/c1-8-3-2-4-10(13(8)16)14(19)18-12-6-5-9(17)7-11(12)15(20)21/h2-7H,17H2,1H3,(H,18,19)(H,20,21). The van der Waals surface area contributed by atoms with Crippen molar-refractivity contribution in [1.29, 1.82) is 0 Å². The SMILES string of the molecule is Cc1cccc(C(=O)Nc2ccc(N)cc2C(=O)O)c1Br. The zero-order chi connectivity index (χ0) is 15.6. The van der Waals surface area contributed by atoms with Gasteiger partial charge in [0.25, 0.3) is 5.91 Å². The number of hydrogen-bond donors (Lipinski definition) is 3. The van der Waals surface area contributed by atoms with Crippen molar-refractivity contribution >= 4 is 39.2 Å². The van der Waals surface area contributed by atoms with Gasteiger partial charge in [0.15, 0.2) is 0 Å². The number of carbonyl (C=O) groups excluding carboxylic acids is 1. The van der Waals surface area contributed by atoms with Crippen LogP contribution in [0.1, 0.15) is 26.3 Å². The van der Waals surface area contributed by atoms with Crippen molar-refractivity contribution in [3.8, 4) is 0 Å². The molecule has 0 fully saturated rings. The highest BCUT2D eigenvalue weighted by Crippen LogP contribution is 2.24. The fourth-order valence-electron chi connectivity index (χ4n) is 1.86. The van der Waals surface area contributed by atoms with Crippen molar-refractivity contribution in [1.82, 2.24) is 0 Å². The Kier molecular flexibility index (Phi) is 4.28. The van der Waals surface area contributed by atoms with Gasteiger partial charge in [0.2, 0.25) is 0 Å². The van der Waals surface area contributed by atoms with Crippen molar-refractivity contribution in [2.45, 2.75) is 6.92 Å². The second-order valence-corrected chi connectivity index (χ2v) is 5.29. The predicted molar refractivity (Wildman–Crippen MR) is 84.6 cm³/mol. The molecule has 4 N–H and O–H groups in total. The molecule has 5 nitrogen and oxygen atoms in total. The number of amides is 1. The van der Waals surface area contributed by atoms with E-state index < -0.39 is 11.9 Å². The maximum absolute atomic E-state index is 12.3. The fourth-order valence-corrected chi connectivity index (χ4v) is 2.30. The molecule has 0 aliphatic carbocycles. The van der Waals surface area contributed by atoms with E-state index in [1.54, 1.807) is 12.1 Å². The number of carboxylic acid groups (broad SMARTS) is 1. The molecule has 6 heteroatoms. The number of benzene rings is 2. The zero-order valence-corrected chi connectivity index (χ0v) is 12.8. The van der Waals surface area contributed by atoms with Crippen molar-refractivity contribution < 1.29 is 14.7 Å². The predicted octanol–water partition coefficient (Wildman–Crippen LogP) is 3.29. The van der Waals surface area contributed by atoms with Crippen molar-refractivity contribution in [2.75, 3.05) is 11.1 Å². The van der Waals surface area contributed by atoms with Crippen LogP contribution in [-0.4, -0.2) is 17.0 Å². The van der Waals surface area contributed by atoms with E-state index in [1.165, 1.54) is 18.2 Å². The lowest BCUT2D eigenvalue weighted by molar-refractivity contribution is 0.0698. The summed E-state index contributed by atoms with van der Waals surface area (Å²) in [6, 6.07) is 9.60. The minimum Gasteiger partial charge on any atom is -0.478 e. The van der Waals surface area contributed by atoms with Crippen LogP contribution < -0.4 is 11.1 Å². The molecule has 0 unspecified atom stereocenters. The third-order valence-corrected chi connectivity index (χ3v) is 4.01. The van der Waals surface area contributed by atoms with E-state index >= 15 is 0 Å². The highest BCUT2D eigenvalue weighted by atomic mass is 79.9. The van der Waals surface area contributed by atoms with Crippen LogP contribution in [0, 0.1) is 6.92 Å². The van der Waals surface area contributed by atoms with E-state index in [9.17, 15) is 9.59 Å². The van der Waals surface area contributed by atoms with Gasteiger partial charge in [-0.3, -0.25) is 4.79 Å². The third kappa shape index (κ3) is 3.22. The molecule has 0 radical (unpaired) electrons. The van der Waals surface area contributed by atoms with Gasteiger partial charge in [0, 0.05) is 10.2 Å². The molecule has 0 aliphatic heterocycles. The van der Waals surface area contributed by atoms with Gasteiger partial charge in [-0.05, 0) is 52.7 Å². The number of halogens is 1. The van der Waals surface area contributed by atoms with Gasteiger partial charge in [-0.2, -0.15) is 0 Å². The van der Waals surface area contributed by atoms with E-state index in [4.69, 9.17) is 10.8 Å². The molecule has 0 bridgehead atoms. The lowest BCUT2D eigenvalue weighted by Gasteiger charge is -2.11. The van der Waals surface area contributed by atoms with Crippen LogP contribution in [0.4, 0.5) is 11.4 Å². The molecule has 0 atom stereocenters. The number of carbonyl (C=O) groups is 2. The van der Waals surface area contributed by atoms with Crippen LogP contribution in [0.15, 0.2) is 40.9 Å². The Bertz CT molecular complexity index is 729. The van der Waals surface area contributed by atoms with Gasteiger partial charge < -0.3 is 16.2 Å². The smallest absolute Gasteiger partial charge is 0.337 e. The average Bonchev–Trinajstić information content (AvgIpc) is 2.43. The number of rotatable bonds is 3.